The molecule has 1 aromatic carbocycles. The third-order valence-corrected chi connectivity index (χ3v) is 4.82. The lowest BCUT2D eigenvalue weighted by atomic mass is 10.2. The zero-order valence-electron chi connectivity index (χ0n) is 15.8. The van der Waals surface area contributed by atoms with Gasteiger partial charge >= 0.3 is 0 Å². The third kappa shape index (κ3) is 4.61. The Bertz CT molecular complexity index is 1010. The molecule has 29 heavy (non-hydrogen) atoms. The molecule has 1 aliphatic heterocycles. The van der Waals surface area contributed by atoms with Crippen molar-refractivity contribution in [1.29, 1.82) is 0 Å². The van der Waals surface area contributed by atoms with Crippen LogP contribution in [-0.4, -0.2) is 47.6 Å². The minimum Gasteiger partial charge on any atom is -0.467 e. The fourth-order valence-electron chi connectivity index (χ4n) is 3.28. The Kier molecular flexibility index (Phi) is 6.58. The highest BCUT2D eigenvalue weighted by atomic mass is 35.5. The lowest BCUT2D eigenvalue weighted by molar-refractivity contribution is -0.135. The van der Waals surface area contributed by atoms with Crippen molar-refractivity contribution in [1.82, 2.24) is 9.47 Å². The van der Waals surface area contributed by atoms with E-state index in [0.29, 0.717) is 43.3 Å². The molecule has 1 saturated heterocycles. The van der Waals surface area contributed by atoms with E-state index in [-0.39, 0.29) is 37.3 Å². The quantitative estimate of drug-likeness (QED) is 0.661. The average molecular weight is 419 g/mol. The number of nitrogens with zero attached hydrogens (tertiary/aromatic N) is 2. The number of carbonyl (C=O) groups is 2. The van der Waals surface area contributed by atoms with E-state index in [2.05, 4.69) is 5.32 Å². The first-order chi connectivity index (χ1) is 13.6. The first-order valence-corrected chi connectivity index (χ1v) is 9.17. The maximum Gasteiger partial charge on any atom is 0.258 e. The van der Waals surface area contributed by atoms with E-state index in [1.54, 1.807) is 6.07 Å². The minimum atomic E-state index is -0.260. The zero-order valence-corrected chi connectivity index (χ0v) is 16.6. The van der Waals surface area contributed by atoms with Crippen LogP contribution in [0.5, 0.6) is 0 Å². The molecule has 2 aromatic heterocycles. The Labute approximate surface area is 174 Å². The van der Waals surface area contributed by atoms with Gasteiger partial charge in [-0.3, -0.25) is 9.59 Å². The van der Waals surface area contributed by atoms with Crippen molar-refractivity contribution in [3.8, 4) is 0 Å². The summed E-state index contributed by atoms with van der Waals surface area (Å²) in [7, 11) is 0. The molecule has 8 nitrogen and oxygen atoms in total. The molecule has 1 fully saturated rings. The summed E-state index contributed by atoms with van der Waals surface area (Å²) in [6.07, 6.45) is 3.28. The minimum absolute atomic E-state index is 0. The summed E-state index contributed by atoms with van der Waals surface area (Å²) < 4.78 is 12.4. The number of fused-ring (bicyclic) bond motifs is 1. The third-order valence-electron chi connectivity index (χ3n) is 4.82. The molecule has 154 valence electrons. The topological polar surface area (TPSA) is 103 Å². The van der Waals surface area contributed by atoms with Crippen molar-refractivity contribution in [3.63, 3.8) is 0 Å². The van der Waals surface area contributed by atoms with Crippen LogP contribution < -0.4 is 11.1 Å². The van der Waals surface area contributed by atoms with Gasteiger partial charge in [-0.1, -0.05) is 0 Å². The van der Waals surface area contributed by atoms with Gasteiger partial charge in [0.05, 0.1) is 25.3 Å². The van der Waals surface area contributed by atoms with E-state index in [1.165, 1.54) is 6.26 Å². The Morgan fingerprint density at radius 2 is 1.93 bits per heavy atom. The predicted molar refractivity (Wildman–Crippen MR) is 111 cm³/mol. The number of ether oxygens (including phenoxy) is 1. The van der Waals surface area contributed by atoms with Gasteiger partial charge in [-0.05, 0) is 30.3 Å². The van der Waals surface area contributed by atoms with Crippen molar-refractivity contribution in [2.24, 2.45) is 5.73 Å². The Morgan fingerprint density at radius 3 is 2.66 bits per heavy atom. The number of anilines is 1. The van der Waals surface area contributed by atoms with E-state index in [4.69, 9.17) is 14.9 Å². The van der Waals surface area contributed by atoms with Crippen molar-refractivity contribution in [2.75, 3.05) is 31.6 Å². The van der Waals surface area contributed by atoms with E-state index in [1.807, 2.05) is 39.9 Å². The van der Waals surface area contributed by atoms with E-state index >= 15 is 0 Å². The standard InChI is InChI=1S/C20H22N4O4.ClH/c21-11-17-10-15(13-28-17)20(26)22-16-1-2-18-14(9-16)3-4-24(18)12-19(25)23-5-7-27-8-6-23;/h1-4,9-10,13H,5-8,11-12,21H2,(H,22,26);1H. The van der Waals surface area contributed by atoms with E-state index < -0.39 is 0 Å². The van der Waals surface area contributed by atoms with Crippen LogP contribution in [0.25, 0.3) is 10.9 Å². The molecule has 3 aromatic rings. The van der Waals surface area contributed by atoms with Crippen LogP contribution in [0.2, 0.25) is 0 Å². The highest BCUT2D eigenvalue weighted by Crippen LogP contribution is 2.22. The van der Waals surface area contributed by atoms with E-state index in [0.717, 1.165) is 10.9 Å². The number of hydrogen-bond donors (Lipinski definition) is 2. The maximum atomic E-state index is 12.5. The molecule has 0 spiro atoms. The lowest BCUT2D eigenvalue weighted by Gasteiger charge is -2.27. The molecule has 0 aliphatic carbocycles. The second kappa shape index (κ2) is 9.13. The molecule has 4 rings (SSSR count). The summed E-state index contributed by atoms with van der Waals surface area (Å²) in [5, 5.41) is 3.80. The molecule has 2 amide bonds. The first-order valence-electron chi connectivity index (χ1n) is 9.17. The molecule has 1 aliphatic rings. The fourth-order valence-corrected chi connectivity index (χ4v) is 3.28. The number of furan rings is 1. The van der Waals surface area contributed by atoms with Gasteiger partial charge in [0, 0.05) is 35.9 Å². The summed E-state index contributed by atoms with van der Waals surface area (Å²) in [4.78, 5) is 26.6. The SMILES string of the molecule is Cl.NCc1cc(C(=O)Nc2ccc3c(ccn3CC(=O)N3CCOCC3)c2)co1. The molecule has 3 heterocycles. The van der Waals surface area contributed by atoms with Crippen LogP contribution >= 0.6 is 12.4 Å². The zero-order chi connectivity index (χ0) is 19.5. The number of halogens is 1. The number of carbonyl (C=O) groups excluding carboxylic acids is 2. The van der Waals surface area contributed by atoms with Gasteiger partial charge in [0.1, 0.15) is 18.6 Å². The summed E-state index contributed by atoms with van der Waals surface area (Å²) in [5.41, 5.74) is 7.54. The molecular weight excluding hydrogens is 396 g/mol. The lowest BCUT2D eigenvalue weighted by Crippen LogP contribution is -2.42. The predicted octanol–water partition coefficient (Wildman–Crippen LogP) is 2.23. The van der Waals surface area contributed by atoms with Gasteiger partial charge in [-0.25, -0.2) is 0 Å². The molecule has 0 radical (unpaired) electrons. The van der Waals surface area contributed by atoms with Crippen LogP contribution in [0.1, 0.15) is 16.1 Å². The summed E-state index contributed by atoms with van der Waals surface area (Å²) in [6, 6.07) is 9.16. The van der Waals surface area contributed by atoms with Gasteiger partial charge in [0.25, 0.3) is 5.91 Å². The number of amides is 2. The van der Waals surface area contributed by atoms with Gasteiger partial charge in [-0.2, -0.15) is 0 Å². The second-order valence-corrected chi connectivity index (χ2v) is 6.67. The Morgan fingerprint density at radius 1 is 1.14 bits per heavy atom. The number of nitrogens with two attached hydrogens (primary N) is 1. The monoisotopic (exact) mass is 418 g/mol. The molecular formula is C20H23ClN4O4. The highest BCUT2D eigenvalue weighted by molar-refractivity contribution is 6.05. The van der Waals surface area contributed by atoms with Crippen LogP contribution in [0.4, 0.5) is 5.69 Å². The van der Waals surface area contributed by atoms with Crippen molar-refractivity contribution in [3.05, 3.63) is 54.1 Å². The van der Waals surface area contributed by atoms with Crippen LogP contribution in [0.15, 0.2) is 47.2 Å². The Balaban J connectivity index is 0.00000240. The molecule has 3 N–H and O–H groups in total. The highest BCUT2D eigenvalue weighted by Gasteiger charge is 2.18. The van der Waals surface area contributed by atoms with E-state index in [9.17, 15) is 9.59 Å². The summed E-state index contributed by atoms with van der Waals surface area (Å²) in [6.45, 7) is 2.97. The fraction of sp³-hybridized carbons (Fsp3) is 0.300. The van der Waals surface area contributed by atoms with Gasteiger partial charge in [0.15, 0.2) is 0 Å². The largest absolute Gasteiger partial charge is 0.467 e. The summed E-state index contributed by atoms with van der Waals surface area (Å²) >= 11 is 0. The Hall–Kier alpha value is -2.81. The normalized spacial score (nSPS) is 13.9. The smallest absolute Gasteiger partial charge is 0.258 e. The molecule has 0 bridgehead atoms. The van der Waals surface area contributed by atoms with Gasteiger partial charge in [0.2, 0.25) is 5.91 Å². The van der Waals surface area contributed by atoms with Gasteiger partial charge < -0.3 is 29.7 Å². The number of benzene rings is 1. The molecule has 9 heteroatoms. The number of morpholine rings is 1. The molecule has 0 atom stereocenters. The van der Waals surface area contributed by atoms with Crippen LogP contribution in [0.3, 0.4) is 0 Å². The van der Waals surface area contributed by atoms with Crippen LogP contribution in [0, 0.1) is 0 Å². The van der Waals surface area contributed by atoms with Crippen molar-refractivity contribution in [2.45, 2.75) is 13.1 Å². The second-order valence-electron chi connectivity index (χ2n) is 6.67. The number of nitrogens with one attached hydrogen (secondary N) is 1. The molecule has 0 unspecified atom stereocenters. The number of aromatic nitrogens is 1. The number of rotatable bonds is 5. The van der Waals surface area contributed by atoms with Crippen LogP contribution in [-0.2, 0) is 22.6 Å². The summed E-state index contributed by atoms with van der Waals surface area (Å²) in [5.74, 6) is 0.376. The van der Waals surface area contributed by atoms with Crippen molar-refractivity contribution < 1.29 is 18.7 Å². The molecule has 0 saturated carbocycles. The average Bonchev–Trinajstić information content (AvgIpc) is 3.36. The number of hydrogen-bond acceptors (Lipinski definition) is 5. The van der Waals surface area contributed by atoms with Crippen molar-refractivity contribution >= 4 is 40.8 Å². The van der Waals surface area contributed by atoms with Gasteiger partial charge in [-0.15, -0.1) is 12.4 Å². The maximum absolute atomic E-state index is 12.5. The first kappa shape index (κ1) is 20.9.